The monoisotopic (exact) mass is 392 g/mol. The molecule has 4 N–H and O–H groups in total. The Balaban J connectivity index is 1.79. The lowest BCUT2D eigenvalue weighted by Gasteiger charge is -2.17. The summed E-state index contributed by atoms with van der Waals surface area (Å²) in [6.45, 7) is 2.37. The van der Waals surface area contributed by atoms with E-state index in [-0.39, 0.29) is 22.8 Å². The van der Waals surface area contributed by atoms with Crippen LogP contribution in [-0.4, -0.2) is 33.1 Å². The number of aromatic hydroxyl groups is 1. The first-order valence-electron chi connectivity index (χ1n) is 8.19. The Labute approximate surface area is 157 Å². The third-order valence-electron chi connectivity index (χ3n) is 4.53. The van der Waals surface area contributed by atoms with E-state index in [9.17, 15) is 18.3 Å². The average Bonchev–Trinajstić information content (AvgIpc) is 3.01. The Bertz CT molecular complexity index is 1000. The van der Waals surface area contributed by atoms with Crippen LogP contribution >= 0.6 is 0 Å². The lowest BCUT2D eigenvalue weighted by atomic mass is 9.95. The number of esters is 1. The number of nitrogens with one attached hydrogen (secondary N) is 1. The van der Waals surface area contributed by atoms with Gasteiger partial charge >= 0.3 is 5.97 Å². The number of anilines is 1. The molecule has 0 aliphatic carbocycles. The maximum atomic E-state index is 11.9. The third-order valence-corrected chi connectivity index (χ3v) is 5.46. The molecule has 9 heteroatoms. The smallest absolute Gasteiger partial charge is 0.342 e. The van der Waals surface area contributed by atoms with Gasteiger partial charge < -0.3 is 19.9 Å². The van der Waals surface area contributed by atoms with Crippen molar-refractivity contribution in [2.24, 2.45) is 5.14 Å². The number of hydrogen-bond donors (Lipinski definition) is 3. The number of carbonyl (C=O) groups is 1. The molecule has 1 heterocycles. The number of hydrogen-bond acceptors (Lipinski definition) is 7. The van der Waals surface area contributed by atoms with Crippen molar-refractivity contribution in [1.82, 2.24) is 0 Å². The maximum absolute atomic E-state index is 11.9. The number of benzene rings is 2. The van der Waals surface area contributed by atoms with Crippen LogP contribution in [0.5, 0.6) is 11.5 Å². The summed E-state index contributed by atoms with van der Waals surface area (Å²) in [5, 5.41) is 18.8. The zero-order chi connectivity index (χ0) is 19.8. The van der Waals surface area contributed by atoms with Gasteiger partial charge in [0.2, 0.25) is 10.0 Å². The van der Waals surface area contributed by atoms with Crippen molar-refractivity contribution < 1.29 is 27.8 Å². The van der Waals surface area contributed by atoms with Crippen LogP contribution in [0.3, 0.4) is 0 Å². The highest BCUT2D eigenvalue weighted by Gasteiger charge is 2.31. The summed E-state index contributed by atoms with van der Waals surface area (Å²) in [7, 11) is -2.23. The minimum atomic E-state index is -3.73. The zero-order valence-corrected chi connectivity index (χ0v) is 15.7. The lowest BCUT2D eigenvalue weighted by Crippen LogP contribution is -2.12. The van der Waals surface area contributed by atoms with Crippen molar-refractivity contribution in [3.05, 3.63) is 46.5 Å². The fourth-order valence-corrected chi connectivity index (χ4v) is 3.68. The van der Waals surface area contributed by atoms with Crippen LogP contribution in [-0.2, 0) is 27.8 Å². The molecule has 0 bridgehead atoms. The van der Waals surface area contributed by atoms with Crippen LogP contribution < -0.4 is 15.2 Å². The summed E-state index contributed by atoms with van der Waals surface area (Å²) >= 11 is 0. The number of phenols is 1. The Morgan fingerprint density at radius 1 is 1.30 bits per heavy atom. The van der Waals surface area contributed by atoms with E-state index in [1.807, 2.05) is 6.92 Å². The summed E-state index contributed by atoms with van der Waals surface area (Å²) < 4.78 is 33.0. The van der Waals surface area contributed by atoms with Gasteiger partial charge in [0.05, 0.1) is 12.0 Å². The summed E-state index contributed by atoms with van der Waals surface area (Å²) in [6, 6.07) is 6.01. The number of nitrogens with two attached hydrogens (primary N) is 1. The fourth-order valence-electron chi connectivity index (χ4n) is 3.16. The van der Waals surface area contributed by atoms with E-state index >= 15 is 0 Å². The molecule has 0 atom stereocenters. The summed E-state index contributed by atoms with van der Waals surface area (Å²) in [6.07, 6.45) is 0.382. The fraction of sp³-hybridized carbons (Fsp3) is 0.278. The van der Waals surface area contributed by atoms with E-state index in [1.165, 1.54) is 19.2 Å². The topological polar surface area (TPSA) is 128 Å². The van der Waals surface area contributed by atoms with E-state index in [2.05, 4.69) is 5.32 Å². The second kappa shape index (κ2) is 7.09. The van der Waals surface area contributed by atoms with Gasteiger partial charge in [0.15, 0.2) is 0 Å². The number of cyclic esters (lactones) is 1. The van der Waals surface area contributed by atoms with Gasteiger partial charge in [0, 0.05) is 23.4 Å². The van der Waals surface area contributed by atoms with E-state index in [4.69, 9.17) is 14.6 Å². The molecule has 0 fully saturated rings. The first-order chi connectivity index (χ1) is 12.7. The van der Waals surface area contributed by atoms with Crippen molar-refractivity contribution in [3.8, 4) is 11.5 Å². The molecular weight excluding hydrogens is 372 g/mol. The first-order valence-corrected chi connectivity index (χ1v) is 9.73. The Hall–Kier alpha value is -2.78. The number of carbonyl (C=O) groups excluding carboxylic acids is 1. The van der Waals surface area contributed by atoms with E-state index < -0.39 is 16.0 Å². The van der Waals surface area contributed by atoms with Gasteiger partial charge in [-0.15, -0.1) is 0 Å². The second-order valence-electron chi connectivity index (χ2n) is 6.16. The highest BCUT2D eigenvalue weighted by molar-refractivity contribution is 7.89. The molecule has 1 aliphatic heterocycles. The number of phenolic OH excluding ortho intramolecular Hbond substituents is 1. The van der Waals surface area contributed by atoms with Gasteiger partial charge in [-0.25, -0.2) is 18.4 Å². The number of rotatable bonds is 6. The number of ether oxygens (including phenoxy) is 2. The normalized spacial score (nSPS) is 13.2. The molecule has 0 saturated heterocycles. The lowest BCUT2D eigenvalue weighted by molar-refractivity contribution is 0.0533. The van der Waals surface area contributed by atoms with Crippen LogP contribution in [0.25, 0.3) is 0 Å². The molecular formula is C18H20N2O6S. The molecule has 0 unspecified atom stereocenters. The minimum absolute atomic E-state index is 0.0279. The van der Waals surface area contributed by atoms with Crippen molar-refractivity contribution >= 4 is 21.7 Å². The molecule has 2 aromatic rings. The molecule has 0 aromatic heterocycles. The van der Waals surface area contributed by atoms with E-state index in [1.54, 1.807) is 12.1 Å². The maximum Gasteiger partial charge on any atom is 0.342 e. The number of methoxy groups -OCH3 is 1. The zero-order valence-electron chi connectivity index (χ0n) is 14.9. The molecule has 0 amide bonds. The average molecular weight is 392 g/mol. The molecule has 0 radical (unpaired) electrons. The van der Waals surface area contributed by atoms with Gasteiger partial charge in [-0.1, -0.05) is 0 Å². The predicted molar refractivity (Wildman–Crippen MR) is 98.5 cm³/mol. The Morgan fingerprint density at radius 3 is 2.56 bits per heavy atom. The van der Waals surface area contributed by atoms with Gasteiger partial charge in [0.25, 0.3) is 0 Å². The van der Waals surface area contributed by atoms with Crippen LogP contribution in [0, 0.1) is 6.92 Å². The van der Waals surface area contributed by atoms with Crippen LogP contribution in [0.2, 0.25) is 0 Å². The van der Waals surface area contributed by atoms with Crippen LogP contribution in [0.15, 0.2) is 29.2 Å². The van der Waals surface area contributed by atoms with Gasteiger partial charge in [-0.05, 0) is 43.2 Å². The first kappa shape index (κ1) is 19.0. The predicted octanol–water partition coefficient (Wildman–Crippen LogP) is 1.68. The molecule has 0 saturated carbocycles. The third kappa shape index (κ3) is 3.56. The van der Waals surface area contributed by atoms with Crippen molar-refractivity contribution in [2.45, 2.75) is 24.8 Å². The molecule has 27 heavy (non-hydrogen) atoms. The van der Waals surface area contributed by atoms with Gasteiger partial charge in [-0.3, -0.25) is 0 Å². The Kier molecular flexibility index (Phi) is 4.99. The SMILES string of the molecule is COc1c(C)c2c(c(O)c1CCNc1ccc(S(N)(=O)=O)cc1)C(=O)OC2. The standard InChI is InChI=1S/C18H20N2O6S/c1-10-14-9-26-18(22)15(14)16(21)13(17(10)25-2)7-8-20-11-3-5-12(6-4-11)27(19,23)24/h3-6,20-21H,7-9H2,1-2H3,(H2,19,23,24). The van der Waals surface area contributed by atoms with Crippen LogP contribution in [0.4, 0.5) is 5.69 Å². The van der Waals surface area contributed by atoms with Crippen LogP contribution in [0.1, 0.15) is 27.0 Å². The summed E-state index contributed by atoms with van der Waals surface area (Å²) in [5.74, 6) is -0.140. The van der Waals surface area contributed by atoms with Gasteiger partial charge in [0.1, 0.15) is 23.7 Å². The van der Waals surface area contributed by atoms with Crippen molar-refractivity contribution in [2.75, 3.05) is 19.0 Å². The summed E-state index contributed by atoms with van der Waals surface area (Å²) in [5.41, 5.74) is 2.81. The van der Waals surface area contributed by atoms with Gasteiger partial charge in [-0.2, -0.15) is 0 Å². The molecule has 2 aromatic carbocycles. The van der Waals surface area contributed by atoms with Crippen molar-refractivity contribution in [3.63, 3.8) is 0 Å². The minimum Gasteiger partial charge on any atom is -0.507 e. The number of primary sulfonamides is 1. The number of sulfonamides is 1. The highest BCUT2D eigenvalue weighted by Crippen LogP contribution is 2.41. The molecule has 0 spiro atoms. The number of fused-ring (bicyclic) bond motifs is 1. The molecule has 3 rings (SSSR count). The Morgan fingerprint density at radius 2 is 1.96 bits per heavy atom. The van der Waals surface area contributed by atoms with E-state index in [0.29, 0.717) is 35.5 Å². The summed E-state index contributed by atoms with van der Waals surface area (Å²) in [4.78, 5) is 11.9. The van der Waals surface area contributed by atoms with Crippen molar-refractivity contribution in [1.29, 1.82) is 0 Å². The molecule has 8 nitrogen and oxygen atoms in total. The molecule has 144 valence electrons. The quantitative estimate of drug-likeness (QED) is 0.638. The largest absolute Gasteiger partial charge is 0.507 e. The second-order valence-corrected chi connectivity index (χ2v) is 7.72. The molecule has 1 aliphatic rings. The highest BCUT2D eigenvalue weighted by atomic mass is 32.2. The van der Waals surface area contributed by atoms with E-state index in [0.717, 1.165) is 5.56 Å².